The molecule has 0 saturated heterocycles. The molecule has 0 aliphatic heterocycles. The molecule has 0 radical (unpaired) electrons. The maximum absolute atomic E-state index is 12.4. The van der Waals surface area contributed by atoms with Crippen molar-refractivity contribution < 1.29 is 31.4 Å². The zero-order valence-electron chi connectivity index (χ0n) is 15.6. The van der Waals surface area contributed by atoms with Crippen molar-refractivity contribution in [3.8, 4) is 0 Å². The fraction of sp³-hybridized carbons (Fsp3) is 0.217. The molecule has 1 unspecified atom stereocenters. The Morgan fingerprint density at radius 1 is 1.00 bits per heavy atom. The largest absolute Gasteiger partial charge is 2.00 e. The van der Waals surface area contributed by atoms with Crippen molar-refractivity contribution >= 4 is 11.8 Å². The maximum Gasteiger partial charge on any atom is 2.00 e. The maximum atomic E-state index is 12.4. The average Bonchev–Trinajstić information content (AvgIpc) is 3.37. The number of hydrogen-bond acceptors (Lipinski definition) is 3. The van der Waals surface area contributed by atoms with Gasteiger partial charge in [0, 0.05) is 0 Å². The molecule has 0 bridgehead atoms. The van der Waals surface area contributed by atoms with Crippen LogP contribution in [0.15, 0.2) is 84.9 Å². The SMILES string of the molecule is COC(=O)C(Cc1ccccc1)(C[c-]1cccc1)C(C)=O.[Fe+2].c1cc[cH-]c1. The number of Topliss-reactive ketones (excluding diaryl/α,β-unsaturated/α-hetero) is 1. The molecule has 3 rings (SSSR count). The Labute approximate surface area is 171 Å². The van der Waals surface area contributed by atoms with Gasteiger partial charge in [-0.25, -0.2) is 24.3 Å². The van der Waals surface area contributed by atoms with Gasteiger partial charge in [-0.15, -0.1) is 0 Å². The van der Waals surface area contributed by atoms with E-state index >= 15 is 0 Å². The van der Waals surface area contributed by atoms with Crippen molar-refractivity contribution in [2.75, 3.05) is 7.11 Å². The number of carbonyl (C=O) groups is 2. The Hall–Kier alpha value is -2.42. The number of methoxy groups -OCH3 is 1. The minimum atomic E-state index is -1.16. The molecule has 27 heavy (non-hydrogen) atoms. The summed E-state index contributed by atoms with van der Waals surface area (Å²) in [4.78, 5) is 24.7. The first-order valence-electron chi connectivity index (χ1n) is 8.59. The van der Waals surface area contributed by atoms with Crippen LogP contribution in [0.4, 0.5) is 0 Å². The Bertz CT molecular complexity index is 759. The summed E-state index contributed by atoms with van der Waals surface area (Å²) in [5.41, 5.74) is 0.751. The Morgan fingerprint density at radius 2 is 1.59 bits per heavy atom. The molecule has 3 aromatic rings. The van der Waals surface area contributed by atoms with Crippen molar-refractivity contribution in [2.45, 2.75) is 19.8 Å². The van der Waals surface area contributed by atoms with Gasteiger partial charge in [0.15, 0.2) is 0 Å². The van der Waals surface area contributed by atoms with Crippen LogP contribution < -0.4 is 0 Å². The third kappa shape index (κ3) is 6.35. The first-order chi connectivity index (χ1) is 12.6. The van der Waals surface area contributed by atoms with Crippen molar-refractivity contribution in [3.63, 3.8) is 0 Å². The Kier molecular flexibility index (Phi) is 9.49. The molecule has 0 aliphatic carbocycles. The summed E-state index contributed by atoms with van der Waals surface area (Å²) in [6.07, 6.45) is 0.706. The normalized spacial score (nSPS) is 11.9. The summed E-state index contributed by atoms with van der Waals surface area (Å²) >= 11 is 0. The zero-order chi connectivity index (χ0) is 18.8. The third-order valence-corrected chi connectivity index (χ3v) is 4.39. The predicted molar refractivity (Wildman–Crippen MR) is 103 cm³/mol. The van der Waals surface area contributed by atoms with Gasteiger partial charge in [0.1, 0.15) is 11.2 Å². The minimum Gasteiger partial charge on any atom is -0.468 e. The summed E-state index contributed by atoms with van der Waals surface area (Å²) in [5.74, 6) is -0.639. The molecule has 1 atom stereocenters. The van der Waals surface area contributed by atoms with Gasteiger partial charge in [-0.05, 0) is 18.9 Å². The first-order valence-corrected chi connectivity index (χ1v) is 8.59. The van der Waals surface area contributed by atoms with Crippen molar-refractivity contribution in [1.82, 2.24) is 0 Å². The molecule has 0 amide bonds. The summed E-state index contributed by atoms with van der Waals surface area (Å²) in [6.45, 7) is 1.46. The number of benzene rings is 1. The van der Waals surface area contributed by atoms with Gasteiger partial charge < -0.3 is 4.74 Å². The van der Waals surface area contributed by atoms with Crippen LogP contribution in [0.25, 0.3) is 0 Å². The molecule has 0 saturated carbocycles. The van der Waals surface area contributed by atoms with E-state index in [4.69, 9.17) is 4.74 Å². The molecular formula is C23H24FeO3. The zero-order valence-corrected chi connectivity index (χ0v) is 16.7. The number of esters is 1. The van der Waals surface area contributed by atoms with Crippen LogP contribution in [0.5, 0.6) is 0 Å². The smallest absolute Gasteiger partial charge is 0.468 e. The standard InChI is InChI=1S/C18H19O3.C5H5.Fe/c1-14(19)18(17(20)21-2,13-16-10-6-7-11-16)12-15-8-4-3-5-9-15;1-2-4-5-3-1;/h3-11H,12-13H2,1-2H3;1-5H;/q2*-1;+2. The molecule has 3 aromatic carbocycles. The summed E-state index contributed by atoms with van der Waals surface area (Å²) < 4.78 is 4.94. The van der Waals surface area contributed by atoms with Gasteiger partial charge in [0.2, 0.25) is 0 Å². The summed E-state index contributed by atoms with van der Waals surface area (Å²) in [6, 6.07) is 27.2. The fourth-order valence-corrected chi connectivity index (χ4v) is 2.94. The van der Waals surface area contributed by atoms with Crippen molar-refractivity contribution in [2.24, 2.45) is 5.41 Å². The van der Waals surface area contributed by atoms with Gasteiger partial charge in [-0.3, -0.25) is 9.59 Å². The molecule has 0 aliphatic rings. The molecule has 0 heterocycles. The van der Waals surface area contributed by atoms with Gasteiger partial charge >= 0.3 is 23.0 Å². The molecule has 0 N–H and O–H groups in total. The van der Waals surface area contributed by atoms with Crippen LogP contribution in [-0.4, -0.2) is 18.9 Å². The number of hydrogen-bond donors (Lipinski definition) is 0. The van der Waals surface area contributed by atoms with Crippen LogP contribution in [0.3, 0.4) is 0 Å². The second-order valence-corrected chi connectivity index (χ2v) is 6.22. The Morgan fingerprint density at radius 3 is 2.04 bits per heavy atom. The molecule has 0 fully saturated rings. The molecular weight excluding hydrogens is 380 g/mol. The van der Waals surface area contributed by atoms with E-state index in [9.17, 15) is 9.59 Å². The molecule has 0 spiro atoms. The van der Waals surface area contributed by atoms with E-state index in [1.54, 1.807) is 0 Å². The quantitative estimate of drug-likeness (QED) is 0.266. The molecule has 4 heteroatoms. The fourth-order valence-electron chi connectivity index (χ4n) is 2.94. The van der Waals surface area contributed by atoms with E-state index in [1.807, 2.05) is 84.9 Å². The molecule has 0 aromatic heterocycles. The second-order valence-electron chi connectivity index (χ2n) is 6.22. The first kappa shape index (κ1) is 22.6. The van der Waals surface area contributed by atoms with Crippen LogP contribution in [0, 0.1) is 5.41 Å². The number of ether oxygens (including phenoxy) is 1. The van der Waals surface area contributed by atoms with Gasteiger partial charge in [0.05, 0.1) is 7.11 Å². The number of rotatable bonds is 6. The Balaban J connectivity index is 0.000000526. The monoisotopic (exact) mass is 404 g/mol. The van der Waals surface area contributed by atoms with E-state index in [0.29, 0.717) is 12.8 Å². The minimum absolute atomic E-state index is 0. The van der Waals surface area contributed by atoms with E-state index in [0.717, 1.165) is 11.1 Å². The topological polar surface area (TPSA) is 43.4 Å². The molecule has 142 valence electrons. The van der Waals surface area contributed by atoms with Crippen LogP contribution in [0.2, 0.25) is 0 Å². The van der Waals surface area contributed by atoms with E-state index in [-0.39, 0.29) is 22.9 Å². The third-order valence-electron chi connectivity index (χ3n) is 4.39. The van der Waals surface area contributed by atoms with E-state index < -0.39 is 11.4 Å². The average molecular weight is 404 g/mol. The second kappa shape index (κ2) is 11.3. The van der Waals surface area contributed by atoms with Crippen LogP contribution in [-0.2, 0) is 44.2 Å². The van der Waals surface area contributed by atoms with E-state index in [2.05, 4.69) is 0 Å². The van der Waals surface area contributed by atoms with Crippen molar-refractivity contribution in [3.05, 3.63) is 96.1 Å². The van der Waals surface area contributed by atoms with Crippen LogP contribution >= 0.6 is 0 Å². The van der Waals surface area contributed by atoms with Gasteiger partial charge in [-0.2, -0.15) is 35.9 Å². The summed E-state index contributed by atoms with van der Waals surface area (Å²) in [7, 11) is 1.33. The number of carbonyl (C=O) groups excluding carboxylic acids is 2. The summed E-state index contributed by atoms with van der Waals surface area (Å²) in [5, 5.41) is 0. The van der Waals surface area contributed by atoms with Crippen molar-refractivity contribution in [1.29, 1.82) is 0 Å². The van der Waals surface area contributed by atoms with Gasteiger partial charge in [0.25, 0.3) is 0 Å². The molecule has 3 nitrogen and oxygen atoms in total. The van der Waals surface area contributed by atoms with Crippen LogP contribution in [0.1, 0.15) is 18.1 Å². The van der Waals surface area contributed by atoms with Gasteiger partial charge in [-0.1, -0.05) is 36.8 Å². The number of ketones is 1. The van der Waals surface area contributed by atoms with E-state index in [1.165, 1.54) is 14.0 Å². The predicted octanol–water partition coefficient (Wildman–Crippen LogP) is 4.34.